The number of benzene rings is 8. The van der Waals surface area contributed by atoms with E-state index in [1.807, 2.05) is 72.8 Å². The molecule has 9 rings (SSSR count). The van der Waals surface area contributed by atoms with Crippen molar-refractivity contribution in [2.75, 3.05) is 33.1 Å². The van der Waals surface area contributed by atoms with Crippen molar-refractivity contribution >= 4 is 51.6 Å². The van der Waals surface area contributed by atoms with Crippen LogP contribution in [0.15, 0.2) is 178 Å². The van der Waals surface area contributed by atoms with Gasteiger partial charge in [-0.05, 0) is 85.6 Å². The van der Waals surface area contributed by atoms with Crippen LogP contribution in [0.1, 0.15) is 62.0 Å². The molecular weight excluding hydrogens is 828 g/mol. The van der Waals surface area contributed by atoms with Crippen LogP contribution >= 0.6 is 8.16 Å². The first-order valence-electron chi connectivity index (χ1n) is 22.0. The second-order valence-corrected chi connectivity index (χ2v) is 17.6. The zero-order valence-electron chi connectivity index (χ0n) is 38.3. The van der Waals surface area contributed by atoms with Gasteiger partial charge in [-0.15, -0.1) is 0 Å². The van der Waals surface area contributed by atoms with Crippen molar-refractivity contribution in [1.82, 2.24) is 5.32 Å². The molecule has 1 aromatic heterocycles. The van der Waals surface area contributed by atoms with Crippen molar-refractivity contribution in [1.29, 1.82) is 0 Å². The average Bonchev–Trinajstić information content (AvgIpc) is 3.52. The van der Waals surface area contributed by atoms with Crippen LogP contribution in [-0.2, 0) is 0 Å². The highest BCUT2D eigenvalue weighted by molar-refractivity contribution is 7.39. The number of ether oxygens (including phenoxy) is 4. The molecule has 0 atom stereocenters. The van der Waals surface area contributed by atoms with Gasteiger partial charge in [-0.25, -0.2) is 0 Å². The van der Waals surface area contributed by atoms with Gasteiger partial charge >= 0.3 is 8.16 Å². The normalized spacial score (nSPS) is 11.5. The molecule has 0 aliphatic heterocycles. The molecule has 8 nitrogen and oxygen atoms in total. The van der Waals surface area contributed by atoms with E-state index in [1.54, 1.807) is 28.4 Å². The molecule has 8 aromatic carbocycles. The minimum Gasteiger partial charge on any atom is -0.496 e. The predicted molar refractivity (Wildman–Crippen MR) is 269 cm³/mol. The molecule has 9 aromatic rings. The van der Waals surface area contributed by atoms with E-state index < -0.39 is 8.16 Å². The van der Waals surface area contributed by atoms with Crippen LogP contribution in [0.2, 0.25) is 0 Å². The number of para-hydroxylation sites is 4. The van der Waals surface area contributed by atoms with Gasteiger partial charge in [0.25, 0.3) is 0 Å². The highest BCUT2D eigenvalue weighted by Crippen LogP contribution is 2.49. The summed E-state index contributed by atoms with van der Waals surface area (Å²) in [5.41, 5.74) is 5.83. The predicted octanol–water partition coefficient (Wildman–Crippen LogP) is 14.5. The minimum atomic E-state index is -1.68. The van der Waals surface area contributed by atoms with Crippen molar-refractivity contribution in [2.24, 2.45) is 0 Å². The van der Waals surface area contributed by atoms with Gasteiger partial charge in [-0.3, -0.25) is 0 Å². The molecule has 1 heterocycles. The van der Waals surface area contributed by atoms with Crippen LogP contribution in [-0.4, -0.2) is 40.5 Å². The Balaban J connectivity index is 0.000000230. The highest BCUT2D eigenvalue weighted by atomic mass is 31.1. The summed E-state index contributed by atoms with van der Waals surface area (Å²) in [6.07, 6.45) is 0. The molecule has 0 amide bonds. The second-order valence-electron chi connectivity index (χ2n) is 16.3. The Bertz CT molecular complexity index is 2900. The van der Waals surface area contributed by atoms with Gasteiger partial charge < -0.3 is 32.7 Å². The fourth-order valence-electron chi connectivity index (χ4n) is 8.76. The minimum absolute atomic E-state index is 0.0202. The van der Waals surface area contributed by atoms with Crippen LogP contribution in [0, 0.1) is 0 Å². The number of fused-ring (bicyclic) bond motifs is 7. The number of hydrogen-bond donors (Lipinski definition) is 1. The van der Waals surface area contributed by atoms with E-state index in [2.05, 4.69) is 135 Å². The van der Waals surface area contributed by atoms with Crippen molar-refractivity contribution in [2.45, 2.75) is 51.9 Å². The summed E-state index contributed by atoms with van der Waals surface area (Å²) in [6, 6.07) is 58.0. The van der Waals surface area contributed by atoms with Gasteiger partial charge in [0, 0.05) is 45.1 Å². The SMILES string of the molecule is COc1ccccc1C(NC(C)C)c1ccccc1OC.COc1ccccc1C(c1ccccc1OC)N(C(C)C)p1oc2ccc3ccccc3c2c2c(ccc3ccccc32)o1. The van der Waals surface area contributed by atoms with Crippen molar-refractivity contribution in [3.05, 3.63) is 192 Å². The fraction of sp³-hybridized carbons (Fsp3) is 0.214. The number of nitrogens with one attached hydrogen (secondary N) is 1. The third-order valence-corrected chi connectivity index (χ3v) is 13.4. The van der Waals surface area contributed by atoms with E-state index in [-0.39, 0.29) is 18.1 Å². The Kier molecular flexibility index (Phi) is 14.1. The maximum atomic E-state index is 7.08. The first-order chi connectivity index (χ1) is 31.8. The summed E-state index contributed by atoms with van der Waals surface area (Å²) in [5, 5.41) is 10.3. The molecule has 0 bridgehead atoms. The van der Waals surface area contributed by atoms with E-state index >= 15 is 0 Å². The Morgan fingerprint density at radius 1 is 0.431 bits per heavy atom. The number of methoxy groups -OCH3 is 4. The van der Waals surface area contributed by atoms with Gasteiger partial charge in [0.05, 0.1) is 40.5 Å². The maximum absolute atomic E-state index is 7.08. The quantitative estimate of drug-likeness (QED) is 0.123. The third-order valence-electron chi connectivity index (χ3n) is 11.6. The lowest BCUT2D eigenvalue weighted by molar-refractivity contribution is 0.389. The lowest BCUT2D eigenvalue weighted by Gasteiger charge is -2.33. The van der Waals surface area contributed by atoms with Gasteiger partial charge in [-0.2, -0.15) is 4.67 Å². The zero-order valence-corrected chi connectivity index (χ0v) is 39.2. The maximum Gasteiger partial charge on any atom is 0.310 e. The van der Waals surface area contributed by atoms with Gasteiger partial charge in [0.15, 0.2) is 0 Å². The monoisotopic (exact) mass is 884 g/mol. The second kappa shape index (κ2) is 20.4. The Morgan fingerprint density at radius 3 is 1.17 bits per heavy atom. The summed E-state index contributed by atoms with van der Waals surface area (Å²) in [6.45, 7) is 8.64. The summed E-state index contributed by atoms with van der Waals surface area (Å²) in [4.78, 5) is 0. The Labute approximate surface area is 382 Å². The molecule has 9 heteroatoms. The molecule has 0 aliphatic carbocycles. The molecule has 0 unspecified atom stereocenters. The number of rotatable bonds is 13. The van der Waals surface area contributed by atoms with Gasteiger partial charge in [0.1, 0.15) is 34.2 Å². The smallest absolute Gasteiger partial charge is 0.310 e. The molecule has 332 valence electrons. The van der Waals surface area contributed by atoms with Crippen LogP contribution in [0.4, 0.5) is 0 Å². The molecule has 0 aliphatic rings. The van der Waals surface area contributed by atoms with Crippen molar-refractivity contribution in [3.8, 4) is 23.0 Å². The lowest BCUT2D eigenvalue weighted by atomic mass is 9.96. The summed E-state index contributed by atoms with van der Waals surface area (Å²) < 4.78 is 39.4. The topological polar surface area (TPSA) is 78.5 Å². The number of nitrogens with zero attached hydrogens (tertiary/aromatic N) is 1. The molecule has 0 fully saturated rings. The van der Waals surface area contributed by atoms with Crippen molar-refractivity contribution in [3.63, 3.8) is 0 Å². The van der Waals surface area contributed by atoms with Gasteiger partial charge in [0.2, 0.25) is 0 Å². The van der Waals surface area contributed by atoms with Gasteiger partial charge in [-0.1, -0.05) is 133 Å². The molecule has 65 heavy (non-hydrogen) atoms. The highest BCUT2D eigenvalue weighted by Gasteiger charge is 2.34. The first-order valence-corrected chi connectivity index (χ1v) is 23.1. The summed E-state index contributed by atoms with van der Waals surface area (Å²) in [7, 11) is 5.15. The largest absolute Gasteiger partial charge is 0.496 e. The summed E-state index contributed by atoms with van der Waals surface area (Å²) >= 11 is 0. The molecule has 1 N–H and O–H groups in total. The Morgan fingerprint density at radius 2 is 0.785 bits per heavy atom. The summed E-state index contributed by atoms with van der Waals surface area (Å²) in [5.74, 6) is 3.33. The Hall–Kier alpha value is -6.70. The lowest BCUT2D eigenvalue weighted by Crippen LogP contribution is -2.33. The standard InChI is InChI=1S/C38H34NO4P.C18H23NO2/c1-25(2)39(38(30-17-9-11-19-32(30)40-3)31-18-10-12-20-33(31)41-4)44-42-34-23-21-26-13-5-7-15-28(26)36(34)37-29-16-8-6-14-27(29)22-24-35(37)43-44;1-13(2)19-18(14-9-5-7-11-16(14)20-3)15-10-6-8-12-17(15)21-4/h5-25,38H,1-4H3;5-13,18-19H,1-4H3. The zero-order chi connectivity index (χ0) is 45.5. The first kappa shape index (κ1) is 44.9. The third kappa shape index (κ3) is 9.30. The van der Waals surface area contributed by atoms with Crippen molar-refractivity contribution < 1.29 is 27.3 Å². The average molecular weight is 885 g/mol. The molecule has 0 spiro atoms. The van der Waals surface area contributed by atoms with E-state index in [9.17, 15) is 0 Å². The fourth-order valence-corrected chi connectivity index (χ4v) is 10.4. The molecular formula is C56H57N2O6P. The van der Waals surface area contributed by atoms with Crippen LogP contribution in [0.25, 0.3) is 43.5 Å². The molecule has 0 saturated carbocycles. The van der Waals surface area contributed by atoms with Crippen LogP contribution in [0.3, 0.4) is 0 Å². The van der Waals surface area contributed by atoms with E-state index in [0.717, 1.165) is 88.7 Å². The van der Waals surface area contributed by atoms with E-state index in [0.29, 0.717) is 6.04 Å². The van der Waals surface area contributed by atoms with E-state index in [1.165, 1.54) is 0 Å². The van der Waals surface area contributed by atoms with Crippen LogP contribution in [0.5, 0.6) is 23.0 Å². The van der Waals surface area contributed by atoms with E-state index in [4.69, 9.17) is 27.3 Å². The number of hydrogen-bond acceptors (Lipinski definition) is 8. The molecule has 0 radical (unpaired) electrons. The van der Waals surface area contributed by atoms with Crippen LogP contribution < -0.4 is 28.9 Å². The molecule has 0 saturated heterocycles.